The number of carbonyl (C=O) groups is 1. The van der Waals surface area contributed by atoms with Crippen molar-refractivity contribution in [3.05, 3.63) is 76.2 Å². The normalized spacial score (nSPS) is 18.8. The second kappa shape index (κ2) is 7.72. The topological polar surface area (TPSA) is 50.5 Å². The fraction of sp³-hybridized carbons (Fsp3) is 0.304. The van der Waals surface area contributed by atoms with E-state index < -0.39 is 0 Å². The van der Waals surface area contributed by atoms with E-state index in [-0.39, 0.29) is 22.1 Å². The van der Waals surface area contributed by atoms with Crippen LogP contribution in [0.4, 0.5) is 11.4 Å². The molecular weight excluding hydrogens is 396 g/mol. The molecule has 0 N–H and O–H groups in total. The van der Waals surface area contributed by atoms with E-state index in [1.807, 2.05) is 99.2 Å². The largest absolute Gasteiger partial charge is 0.378 e. The van der Waals surface area contributed by atoms with Crippen LogP contribution in [0.3, 0.4) is 0 Å². The molecule has 6 nitrogen and oxygen atoms in total. The average molecular weight is 423 g/mol. The Kier molecular flexibility index (Phi) is 5.24. The van der Waals surface area contributed by atoms with E-state index in [9.17, 15) is 9.59 Å². The van der Waals surface area contributed by atoms with Gasteiger partial charge in [-0.25, -0.2) is 4.68 Å². The van der Waals surface area contributed by atoms with Crippen molar-refractivity contribution in [3.63, 3.8) is 0 Å². The Morgan fingerprint density at radius 2 is 1.60 bits per heavy atom. The van der Waals surface area contributed by atoms with Crippen molar-refractivity contribution < 1.29 is 4.79 Å². The molecule has 2 atom stereocenters. The maximum atomic E-state index is 13.5. The lowest BCUT2D eigenvalue weighted by Crippen LogP contribution is -2.34. The zero-order chi connectivity index (χ0) is 21.6. The molecule has 7 heteroatoms. The molecule has 0 bridgehead atoms. The first-order valence-corrected chi connectivity index (χ1v) is 10.9. The number of para-hydroxylation sites is 1. The van der Waals surface area contributed by atoms with Gasteiger partial charge in [0.2, 0.25) is 5.91 Å². The molecule has 4 rings (SSSR count). The van der Waals surface area contributed by atoms with Gasteiger partial charge in [0, 0.05) is 26.8 Å². The van der Waals surface area contributed by atoms with E-state index in [1.54, 1.807) is 21.3 Å². The molecule has 2 aromatic carbocycles. The number of rotatable bonds is 4. The molecule has 1 fully saturated rings. The number of hydrogen-bond donors (Lipinski definition) is 0. The summed E-state index contributed by atoms with van der Waals surface area (Å²) in [5.74, 6) is -0.0345. The van der Waals surface area contributed by atoms with Crippen molar-refractivity contribution in [2.75, 3.05) is 23.9 Å². The molecular formula is C23H26N4O2S. The summed E-state index contributed by atoms with van der Waals surface area (Å²) in [7, 11) is 5.85. The molecule has 0 saturated carbocycles. The van der Waals surface area contributed by atoms with Crippen LogP contribution in [-0.2, 0) is 11.8 Å². The number of nitrogens with zero attached hydrogens (tertiary/aromatic N) is 4. The summed E-state index contributed by atoms with van der Waals surface area (Å²) in [4.78, 5) is 30.4. The monoisotopic (exact) mass is 422 g/mol. The van der Waals surface area contributed by atoms with Crippen LogP contribution in [0.5, 0.6) is 0 Å². The summed E-state index contributed by atoms with van der Waals surface area (Å²) in [6.07, 6.45) is 0. The van der Waals surface area contributed by atoms with Crippen LogP contribution in [-0.4, -0.2) is 34.6 Å². The van der Waals surface area contributed by atoms with Gasteiger partial charge in [-0.05, 0) is 43.7 Å². The molecule has 1 amide bonds. The zero-order valence-corrected chi connectivity index (χ0v) is 18.7. The maximum Gasteiger partial charge on any atom is 0.295 e. The lowest BCUT2D eigenvalue weighted by Gasteiger charge is -2.23. The Bertz CT molecular complexity index is 1130. The fourth-order valence-electron chi connectivity index (χ4n) is 3.85. The molecule has 0 radical (unpaired) electrons. The minimum Gasteiger partial charge on any atom is -0.378 e. The first-order chi connectivity index (χ1) is 14.3. The molecule has 1 aromatic heterocycles. The van der Waals surface area contributed by atoms with E-state index in [4.69, 9.17) is 0 Å². The van der Waals surface area contributed by atoms with Crippen molar-refractivity contribution in [1.29, 1.82) is 0 Å². The highest BCUT2D eigenvalue weighted by atomic mass is 32.2. The Morgan fingerprint density at radius 1 is 0.967 bits per heavy atom. The van der Waals surface area contributed by atoms with Gasteiger partial charge in [-0.1, -0.05) is 30.3 Å². The van der Waals surface area contributed by atoms with Gasteiger partial charge in [0.1, 0.15) is 11.1 Å². The molecule has 1 aliphatic heterocycles. The molecule has 3 aromatic rings. The van der Waals surface area contributed by atoms with Gasteiger partial charge in [0.05, 0.1) is 16.6 Å². The van der Waals surface area contributed by atoms with Gasteiger partial charge in [0.15, 0.2) is 0 Å². The van der Waals surface area contributed by atoms with Crippen LogP contribution >= 0.6 is 11.8 Å². The second-order valence-electron chi connectivity index (χ2n) is 7.73. The SMILES string of the molecule is Cc1c(N2C(=O)[C@H](C)S[C@H]2c2ccc(N(C)C)cc2)c(=O)n(-c2ccccc2)n1C. The standard InChI is InChI=1S/C23H26N4O2S/c1-15-20(22(29)27(25(15)5)19-9-7-6-8-10-19)26-21(28)16(2)30-23(26)17-11-13-18(14-12-17)24(3)4/h6-14,16,23H,1-5H3/t16-,23-/m0/s1. The van der Waals surface area contributed by atoms with E-state index in [2.05, 4.69) is 0 Å². The zero-order valence-electron chi connectivity index (χ0n) is 17.9. The van der Waals surface area contributed by atoms with E-state index in [0.717, 1.165) is 22.6 Å². The third-order valence-corrected chi connectivity index (χ3v) is 6.96. The number of anilines is 2. The quantitative estimate of drug-likeness (QED) is 0.643. The van der Waals surface area contributed by atoms with Crippen molar-refractivity contribution in [2.45, 2.75) is 24.5 Å². The van der Waals surface area contributed by atoms with Crippen molar-refractivity contribution in [3.8, 4) is 5.69 Å². The predicted octanol–water partition coefficient (Wildman–Crippen LogP) is 3.72. The predicted molar refractivity (Wildman–Crippen MR) is 124 cm³/mol. The number of amides is 1. The molecule has 1 aliphatic rings. The van der Waals surface area contributed by atoms with E-state index in [1.165, 1.54) is 0 Å². The molecule has 156 valence electrons. The Morgan fingerprint density at radius 3 is 2.20 bits per heavy atom. The summed E-state index contributed by atoms with van der Waals surface area (Å²) in [5, 5.41) is -0.450. The summed E-state index contributed by atoms with van der Waals surface area (Å²) in [5.41, 5.74) is 3.91. The van der Waals surface area contributed by atoms with Crippen LogP contribution in [0.25, 0.3) is 5.69 Å². The molecule has 2 heterocycles. The molecule has 0 aliphatic carbocycles. The smallest absolute Gasteiger partial charge is 0.295 e. The highest BCUT2D eigenvalue weighted by Crippen LogP contribution is 2.45. The Hall–Kier alpha value is -2.93. The van der Waals surface area contributed by atoms with Crippen molar-refractivity contribution in [2.24, 2.45) is 7.05 Å². The molecule has 0 unspecified atom stereocenters. The lowest BCUT2D eigenvalue weighted by molar-refractivity contribution is -0.117. The van der Waals surface area contributed by atoms with Crippen LogP contribution in [0.1, 0.15) is 23.6 Å². The van der Waals surface area contributed by atoms with Gasteiger partial charge >= 0.3 is 0 Å². The molecule has 30 heavy (non-hydrogen) atoms. The number of carbonyl (C=O) groups excluding carboxylic acids is 1. The van der Waals surface area contributed by atoms with E-state index >= 15 is 0 Å². The summed E-state index contributed by atoms with van der Waals surface area (Å²) < 4.78 is 3.44. The highest BCUT2D eigenvalue weighted by Gasteiger charge is 2.42. The number of thioether (sulfide) groups is 1. The first-order valence-electron chi connectivity index (χ1n) is 9.91. The number of aromatic nitrogens is 2. The summed E-state index contributed by atoms with van der Waals surface area (Å²) in [6, 6.07) is 17.7. The Balaban J connectivity index is 1.83. The van der Waals surface area contributed by atoms with Gasteiger partial charge in [0.25, 0.3) is 5.56 Å². The number of hydrogen-bond acceptors (Lipinski definition) is 4. The number of benzene rings is 2. The second-order valence-corrected chi connectivity index (χ2v) is 9.16. The average Bonchev–Trinajstić information content (AvgIpc) is 3.15. The van der Waals surface area contributed by atoms with Crippen LogP contribution < -0.4 is 15.4 Å². The Labute approximate surface area is 180 Å². The van der Waals surface area contributed by atoms with E-state index in [0.29, 0.717) is 5.69 Å². The van der Waals surface area contributed by atoms with Crippen LogP contribution in [0.15, 0.2) is 59.4 Å². The third kappa shape index (κ3) is 3.23. The van der Waals surface area contributed by atoms with Crippen molar-refractivity contribution in [1.82, 2.24) is 9.36 Å². The maximum absolute atomic E-state index is 13.5. The lowest BCUT2D eigenvalue weighted by atomic mass is 10.1. The molecule has 0 spiro atoms. The van der Waals surface area contributed by atoms with Gasteiger partial charge < -0.3 is 4.90 Å². The van der Waals surface area contributed by atoms with Crippen LogP contribution in [0.2, 0.25) is 0 Å². The minimum absolute atomic E-state index is 0.0345. The van der Waals surface area contributed by atoms with Crippen molar-refractivity contribution >= 4 is 29.0 Å². The fourth-order valence-corrected chi connectivity index (χ4v) is 5.11. The van der Waals surface area contributed by atoms with Gasteiger partial charge in [-0.2, -0.15) is 0 Å². The highest BCUT2D eigenvalue weighted by molar-refractivity contribution is 8.01. The third-order valence-electron chi connectivity index (χ3n) is 5.61. The first kappa shape index (κ1) is 20.3. The van der Waals surface area contributed by atoms with Gasteiger partial charge in [-0.15, -0.1) is 11.8 Å². The summed E-state index contributed by atoms with van der Waals surface area (Å²) >= 11 is 1.58. The minimum atomic E-state index is -0.235. The van der Waals surface area contributed by atoms with Gasteiger partial charge in [-0.3, -0.25) is 19.2 Å². The van der Waals surface area contributed by atoms with Crippen LogP contribution in [0, 0.1) is 6.92 Å². The molecule has 1 saturated heterocycles. The summed E-state index contributed by atoms with van der Waals surface area (Å²) in [6.45, 7) is 3.80.